The molecule has 0 bridgehead atoms. The fraction of sp³-hybridized carbons (Fsp3) is 0.273. The van der Waals surface area contributed by atoms with Crippen molar-refractivity contribution >= 4 is 17.4 Å². The lowest BCUT2D eigenvalue weighted by molar-refractivity contribution is 0.0963. The summed E-state index contributed by atoms with van der Waals surface area (Å²) in [5.74, 6) is 0.873. The van der Waals surface area contributed by atoms with Crippen molar-refractivity contribution in [1.82, 2.24) is 9.78 Å². The van der Waals surface area contributed by atoms with E-state index in [1.807, 2.05) is 28.9 Å². The third-order valence-electron chi connectivity index (χ3n) is 5.19. The number of halogens is 1. The average Bonchev–Trinajstić information content (AvgIpc) is 3.07. The van der Waals surface area contributed by atoms with E-state index in [2.05, 4.69) is 43.2 Å². The Morgan fingerprint density at radius 1 is 1.04 bits per heavy atom. The van der Waals surface area contributed by atoms with Gasteiger partial charge < -0.3 is 0 Å². The molecule has 1 atom stereocenters. The maximum absolute atomic E-state index is 12.7. The summed E-state index contributed by atoms with van der Waals surface area (Å²) < 4.78 is 1.87. The Balaban J connectivity index is 1.68. The molecule has 2 aromatic carbocycles. The first-order chi connectivity index (χ1) is 12.5. The number of aromatic nitrogens is 2. The molecule has 1 aliphatic carbocycles. The van der Waals surface area contributed by atoms with Gasteiger partial charge >= 0.3 is 0 Å². The molecule has 0 amide bonds. The van der Waals surface area contributed by atoms with Crippen molar-refractivity contribution in [1.29, 1.82) is 0 Å². The number of rotatable bonds is 3. The number of carbonyl (C=O) groups is 1. The van der Waals surface area contributed by atoms with E-state index in [9.17, 15) is 4.79 Å². The van der Waals surface area contributed by atoms with Gasteiger partial charge in [-0.05, 0) is 53.6 Å². The Morgan fingerprint density at radius 2 is 1.73 bits per heavy atom. The third kappa shape index (κ3) is 3.08. The predicted molar refractivity (Wildman–Crippen MR) is 104 cm³/mol. The van der Waals surface area contributed by atoms with Gasteiger partial charge in [-0.25, -0.2) is 4.68 Å². The highest BCUT2D eigenvalue weighted by Gasteiger charge is 2.30. The molecule has 0 radical (unpaired) electrons. The molecule has 1 aliphatic rings. The molecule has 4 rings (SSSR count). The first-order valence-electron chi connectivity index (χ1n) is 8.99. The second-order valence-electron chi connectivity index (χ2n) is 7.24. The Morgan fingerprint density at radius 3 is 2.38 bits per heavy atom. The van der Waals surface area contributed by atoms with Crippen LogP contribution in [0.25, 0.3) is 5.69 Å². The molecule has 132 valence electrons. The summed E-state index contributed by atoms with van der Waals surface area (Å²) >= 11 is 5.99. The SMILES string of the molecule is CC(C)c1ccc([C@@H]2CC(=O)c3cnn(-c4ccc(Cl)cc4)c3C2)cc1. The lowest BCUT2D eigenvalue weighted by Crippen LogP contribution is -2.20. The van der Waals surface area contributed by atoms with Crippen LogP contribution in [0.1, 0.15) is 59.3 Å². The van der Waals surface area contributed by atoms with Crippen LogP contribution in [0.2, 0.25) is 5.02 Å². The molecule has 3 nitrogen and oxygen atoms in total. The van der Waals surface area contributed by atoms with E-state index in [1.165, 1.54) is 11.1 Å². The number of nitrogens with zero attached hydrogens (tertiary/aromatic N) is 2. The highest BCUT2D eigenvalue weighted by molar-refractivity contribution is 6.30. The molecule has 4 heteroatoms. The Labute approximate surface area is 158 Å². The number of Topliss-reactive ketones (excluding diaryl/α,β-unsaturated/α-hetero) is 1. The van der Waals surface area contributed by atoms with Crippen molar-refractivity contribution in [3.8, 4) is 5.69 Å². The van der Waals surface area contributed by atoms with Crippen molar-refractivity contribution in [2.75, 3.05) is 0 Å². The van der Waals surface area contributed by atoms with Crippen LogP contribution in [0.15, 0.2) is 54.7 Å². The van der Waals surface area contributed by atoms with Crippen molar-refractivity contribution in [3.05, 3.63) is 82.1 Å². The number of hydrogen-bond donors (Lipinski definition) is 0. The number of benzene rings is 2. The fourth-order valence-corrected chi connectivity index (χ4v) is 3.76. The number of carbonyl (C=O) groups excluding carboxylic acids is 1. The van der Waals surface area contributed by atoms with E-state index in [1.54, 1.807) is 6.20 Å². The monoisotopic (exact) mass is 364 g/mol. The van der Waals surface area contributed by atoms with Crippen LogP contribution in [0, 0.1) is 0 Å². The lowest BCUT2D eigenvalue weighted by atomic mass is 9.82. The second kappa shape index (κ2) is 6.73. The molecular formula is C22H21ClN2O. The molecule has 0 saturated carbocycles. The second-order valence-corrected chi connectivity index (χ2v) is 7.68. The summed E-state index contributed by atoms with van der Waals surface area (Å²) in [6.07, 6.45) is 3.05. The smallest absolute Gasteiger partial charge is 0.166 e. The van der Waals surface area contributed by atoms with Crippen LogP contribution in [-0.2, 0) is 6.42 Å². The summed E-state index contributed by atoms with van der Waals surface area (Å²) in [6.45, 7) is 4.38. The minimum absolute atomic E-state index is 0.171. The van der Waals surface area contributed by atoms with Crippen LogP contribution in [-0.4, -0.2) is 15.6 Å². The molecule has 0 saturated heterocycles. The zero-order valence-electron chi connectivity index (χ0n) is 14.9. The van der Waals surface area contributed by atoms with Gasteiger partial charge in [0.2, 0.25) is 0 Å². The van der Waals surface area contributed by atoms with Gasteiger partial charge in [-0.1, -0.05) is 49.7 Å². The average molecular weight is 365 g/mol. The summed E-state index contributed by atoms with van der Waals surface area (Å²) in [7, 11) is 0. The van der Waals surface area contributed by atoms with Crippen LogP contribution < -0.4 is 0 Å². The number of hydrogen-bond acceptors (Lipinski definition) is 2. The van der Waals surface area contributed by atoms with Crippen LogP contribution in [0.5, 0.6) is 0 Å². The lowest BCUT2D eigenvalue weighted by Gasteiger charge is -2.23. The van der Waals surface area contributed by atoms with E-state index < -0.39 is 0 Å². The number of fused-ring (bicyclic) bond motifs is 1. The van der Waals surface area contributed by atoms with Crippen molar-refractivity contribution < 1.29 is 4.79 Å². The highest BCUT2D eigenvalue weighted by Crippen LogP contribution is 2.34. The molecule has 0 N–H and O–H groups in total. The molecule has 3 aromatic rings. The normalized spacial score (nSPS) is 16.8. The summed E-state index contributed by atoms with van der Waals surface area (Å²) in [4.78, 5) is 12.7. The zero-order valence-corrected chi connectivity index (χ0v) is 15.7. The first kappa shape index (κ1) is 17.0. The predicted octanol–water partition coefficient (Wildman–Crippen LogP) is 5.56. The molecule has 0 aliphatic heterocycles. The van der Waals surface area contributed by atoms with Gasteiger partial charge in [-0.2, -0.15) is 5.10 Å². The van der Waals surface area contributed by atoms with Crippen molar-refractivity contribution in [2.45, 2.75) is 38.5 Å². The molecule has 1 heterocycles. The topological polar surface area (TPSA) is 34.9 Å². The highest BCUT2D eigenvalue weighted by atomic mass is 35.5. The van der Waals surface area contributed by atoms with Gasteiger partial charge in [-0.15, -0.1) is 0 Å². The molecule has 1 aromatic heterocycles. The Bertz CT molecular complexity index is 939. The minimum Gasteiger partial charge on any atom is -0.294 e. The van der Waals surface area contributed by atoms with E-state index in [4.69, 9.17) is 11.6 Å². The van der Waals surface area contributed by atoms with Gasteiger partial charge in [0.1, 0.15) is 0 Å². The van der Waals surface area contributed by atoms with Gasteiger partial charge in [0.15, 0.2) is 5.78 Å². The van der Waals surface area contributed by atoms with Gasteiger partial charge in [0.25, 0.3) is 0 Å². The van der Waals surface area contributed by atoms with Crippen LogP contribution >= 0.6 is 11.6 Å². The van der Waals surface area contributed by atoms with Crippen molar-refractivity contribution in [3.63, 3.8) is 0 Å². The van der Waals surface area contributed by atoms with E-state index >= 15 is 0 Å². The zero-order chi connectivity index (χ0) is 18.3. The van der Waals surface area contributed by atoms with E-state index in [0.29, 0.717) is 17.4 Å². The first-order valence-corrected chi connectivity index (χ1v) is 9.36. The van der Waals surface area contributed by atoms with Crippen LogP contribution in [0.3, 0.4) is 0 Å². The standard InChI is InChI=1S/C22H21ClN2O/c1-14(2)15-3-5-16(6-4-15)17-11-21-20(22(26)12-17)13-24-25(21)19-9-7-18(23)8-10-19/h3-10,13-14,17H,11-12H2,1-2H3/t17-/m0/s1. The van der Waals surface area contributed by atoms with E-state index in [0.717, 1.165) is 23.4 Å². The molecule has 26 heavy (non-hydrogen) atoms. The van der Waals surface area contributed by atoms with Crippen LogP contribution in [0.4, 0.5) is 0 Å². The summed E-state index contributed by atoms with van der Waals surface area (Å²) in [6, 6.07) is 16.2. The molecule has 0 unspecified atom stereocenters. The number of ketones is 1. The van der Waals surface area contributed by atoms with Gasteiger partial charge in [0.05, 0.1) is 23.1 Å². The van der Waals surface area contributed by atoms with Crippen molar-refractivity contribution in [2.24, 2.45) is 0 Å². The molecular weight excluding hydrogens is 344 g/mol. The third-order valence-corrected chi connectivity index (χ3v) is 5.44. The molecule has 0 fully saturated rings. The minimum atomic E-state index is 0.171. The van der Waals surface area contributed by atoms with Gasteiger partial charge in [-0.3, -0.25) is 4.79 Å². The quantitative estimate of drug-likeness (QED) is 0.609. The fourth-order valence-electron chi connectivity index (χ4n) is 3.64. The maximum atomic E-state index is 12.7. The van der Waals surface area contributed by atoms with Gasteiger partial charge in [0, 0.05) is 11.4 Å². The largest absolute Gasteiger partial charge is 0.294 e. The summed E-state index contributed by atoms with van der Waals surface area (Å²) in [5, 5.41) is 5.16. The summed E-state index contributed by atoms with van der Waals surface area (Å²) in [5.41, 5.74) is 5.20. The Kier molecular flexibility index (Phi) is 4.41. The molecule has 0 spiro atoms. The van der Waals surface area contributed by atoms with E-state index in [-0.39, 0.29) is 11.7 Å². The maximum Gasteiger partial charge on any atom is 0.166 e. The Hall–Kier alpha value is -2.39.